The van der Waals surface area contributed by atoms with Gasteiger partial charge in [-0.25, -0.2) is 0 Å². The third-order valence-electron chi connectivity index (χ3n) is 14.8. The van der Waals surface area contributed by atoms with E-state index in [9.17, 15) is 19.8 Å². The predicted octanol–water partition coefficient (Wildman–Crippen LogP) is 4.84. The number of nitrogens with zero attached hydrogens (tertiary/aromatic N) is 3. The van der Waals surface area contributed by atoms with Crippen LogP contribution in [0.4, 0.5) is 0 Å². The van der Waals surface area contributed by atoms with Crippen molar-refractivity contribution in [3.05, 3.63) is 0 Å². The molecule has 10 atom stereocenters. The molecule has 0 spiro atoms. The van der Waals surface area contributed by atoms with E-state index in [0.29, 0.717) is 43.2 Å². The van der Waals surface area contributed by atoms with E-state index < -0.39 is 0 Å². The van der Waals surface area contributed by atoms with E-state index in [2.05, 4.69) is 18.7 Å². The van der Waals surface area contributed by atoms with E-state index in [1.165, 1.54) is 51.4 Å². The van der Waals surface area contributed by atoms with Crippen LogP contribution in [-0.4, -0.2) is 93.7 Å². The maximum Gasteiger partial charge on any atom is 0.245 e. The van der Waals surface area contributed by atoms with Crippen molar-refractivity contribution in [3.63, 3.8) is 0 Å². The summed E-state index contributed by atoms with van der Waals surface area (Å²) in [6.45, 7) is 8.69. The molecule has 5 aliphatic carbocycles. The molecule has 43 heavy (non-hydrogen) atoms. The first kappa shape index (κ1) is 30.5. The number of likely N-dealkylation sites (tertiary alicyclic amines) is 1. The Bertz CT molecular complexity index is 1040. The van der Waals surface area contributed by atoms with Crippen molar-refractivity contribution >= 4 is 11.8 Å². The minimum atomic E-state index is -0.290. The number of aliphatic hydroxyl groups excluding tert-OH is 2. The standard InChI is InChI=1S/C36H59N3O4/c1-35-16-15-28-26(27(35)12-13-32(35)41)11-10-25-22-31(40)30(23-36(25,28)2)37-18-20-38(21-19-37)34(43)29-8-5-17-39(29)33(42)14-9-24-6-3-4-7-24/h24-32,40-41H,3-23H2,1-2H3/t25-,26-,27-,28-,29-,30-,31-,32-,35-,36-/m0/s1. The van der Waals surface area contributed by atoms with Crippen LogP contribution in [0.25, 0.3) is 0 Å². The SMILES string of the molecule is C[C@]12C[C@H](N3CCN(C(=O)[C@@H]4CCCN4C(=O)CCC4CCCC4)CC3)[C@@H](O)C[C@@H]1CC[C@@H]1[C@@H]2CC[C@]2(C)[C@@H](O)CC[C@@H]12. The first-order valence-corrected chi connectivity index (χ1v) is 18.4. The quantitative estimate of drug-likeness (QED) is 0.474. The first-order chi connectivity index (χ1) is 20.7. The Morgan fingerprint density at radius 3 is 2.30 bits per heavy atom. The molecule has 2 heterocycles. The van der Waals surface area contributed by atoms with Crippen LogP contribution in [-0.2, 0) is 9.59 Å². The number of hydrogen-bond acceptors (Lipinski definition) is 5. The summed E-state index contributed by atoms with van der Waals surface area (Å²) in [5, 5.41) is 22.3. The summed E-state index contributed by atoms with van der Waals surface area (Å²) in [4.78, 5) is 33.3. The molecule has 0 unspecified atom stereocenters. The zero-order valence-corrected chi connectivity index (χ0v) is 27.1. The van der Waals surface area contributed by atoms with Crippen molar-refractivity contribution in [3.8, 4) is 0 Å². The van der Waals surface area contributed by atoms with Gasteiger partial charge in [0, 0.05) is 45.2 Å². The van der Waals surface area contributed by atoms with E-state index in [-0.39, 0.29) is 46.9 Å². The molecule has 2 N–H and O–H groups in total. The van der Waals surface area contributed by atoms with Crippen molar-refractivity contribution < 1.29 is 19.8 Å². The summed E-state index contributed by atoms with van der Waals surface area (Å²) >= 11 is 0. The maximum atomic E-state index is 13.7. The van der Waals surface area contributed by atoms with Crippen LogP contribution in [0.3, 0.4) is 0 Å². The molecule has 2 aliphatic heterocycles. The molecular formula is C36H59N3O4. The Kier molecular flexibility index (Phi) is 8.42. The van der Waals surface area contributed by atoms with Gasteiger partial charge >= 0.3 is 0 Å². The van der Waals surface area contributed by atoms with Crippen LogP contribution in [0.5, 0.6) is 0 Å². The average molecular weight is 598 g/mol. The van der Waals surface area contributed by atoms with E-state index in [1.807, 2.05) is 9.80 Å². The fraction of sp³-hybridized carbons (Fsp3) is 0.944. The van der Waals surface area contributed by atoms with E-state index in [1.54, 1.807) is 0 Å². The Morgan fingerprint density at radius 1 is 0.791 bits per heavy atom. The van der Waals surface area contributed by atoms with E-state index in [0.717, 1.165) is 70.5 Å². The molecule has 7 rings (SSSR count). The molecule has 0 aromatic carbocycles. The molecule has 7 heteroatoms. The van der Waals surface area contributed by atoms with Gasteiger partial charge in [-0.3, -0.25) is 14.5 Å². The van der Waals surface area contributed by atoms with Crippen molar-refractivity contribution in [1.29, 1.82) is 0 Å². The first-order valence-electron chi connectivity index (χ1n) is 18.4. The molecule has 0 aromatic heterocycles. The van der Waals surface area contributed by atoms with Crippen molar-refractivity contribution in [2.45, 2.75) is 141 Å². The summed E-state index contributed by atoms with van der Waals surface area (Å²) in [7, 11) is 0. The molecule has 2 saturated heterocycles. The van der Waals surface area contributed by atoms with Crippen LogP contribution in [0.2, 0.25) is 0 Å². The Balaban J connectivity index is 0.962. The second-order valence-corrected chi connectivity index (χ2v) is 16.7. The second kappa shape index (κ2) is 11.9. The number of hydrogen-bond donors (Lipinski definition) is 2. The highest BCUT2D eigenvalue weighted by Gasteiger charge is 2.61. The topological polar surface area (TPSA) is 84.3 Å². The van der Waals surface area contributed by atoms with Gasteiger partial charge in [0.1, 0.15) is 6.04 Å². The molecule has 5 saturated carbocycles. The Morgan fingerprint density at radius 2 is 1.53 bits per heavy atom. The molecular weight excluding hydrogens is 538 g/mol. The number of rotatable bonds is 5. The van der Waals surface area contributed by atoms with Gasteiger partial charge in [-0.05, 0) is 111 Å². The average Bonchev–Trinajstić information content (AvgIpc) is 3.77. The largest absolute Gasteiger partial charge is 0.393 e. The number of amides is 2. The third-order valence-corrected chi connectivity index (χ3v) is 14.8. The second-order valence-electron chi connectivity index (χ2n) is 16.7. The smallest absolute Gasteiger partial charge is 0.245 e. The fourth-order valence-electron chi connectivity index (χ4n) is 12.2. The normalized spacial score (nSPS) is 45.6. The highest BCUT2D eigenvalue weighted by Crippen LogP contribution is 2.66. The highest BCUT2D eigenvalue weighted by atomic mass is 16.3. The van der Waals surface area contributed by atoms with E-state index in [4.69, 9.17) is 0 Å². The number of fused-ring (bicyclic) bond motifs is 5. The highest BCUT2D eigenvalue weighted by molar-refractivity contribution is 5.88. The van der Waals surface area contributed by atoms with Gasteiger partial charge in [0.15, 0.2) is 0 Å². The monoisotopic (exact) mass is 597 g/mol. The predicted molar refractivity (Wildman–Crippen MR) is 167 cm³/mol. The number of carbonyl (C=O) groups excluding carboxylic acids is 2. The Hall–Kier alpha value is -1.18. The van der Waals surface area contributed by atoms with E-state index >= 15 is 0 Å². The fourth-order valence-corrected chi connectivity index (χ4v) is 12.2. The van der Waals surface area contributed by atoms with Crippen LogP contribution in [0.15, 0.2) is 0 Å². The number of carbonyl (C=O) groups is 2. The van der Waals surface area contributed by atoms with Gasteiger partial charge in [-0.2, -0.15) is 0 Å². The minimum absolute atomic E-state index is 0.107. The lowest BCUT2D eigenvalue weighted by Gasteiger charge is -2.62. The van der Waals surface area contributed by atoms with Crippen LogP contribution >= 0.6 is 0 Å². The Labute approximate surface area is 260 Å². The maximum absolute atomic E-state index is 13.7. The summed E-state index contributed by atoms with van der Waals surface area (Å²) in [6, 6.07) is -0.104. The zero-order chi connectivity index (χ0) is 29.9. The molecule has 7 aliphatic rings. The van der Waals surface area contributed by atoms with Gasteiger partial charge < -0.3 is 20.0 Å². The molecule has 0 aromatic rings. The van der Waals surface area contributed by atoms with Crippen molar-refractivity contribution in [1.82, 2.24) is 14.7 Å². The summed E-state index contributed by atoms with van der Waals surface area (Å²) in [5.74, 6) is 3.72. The number of piperazine rings is 1. The third kappa shape index (κ3) is 5.29. The lowest BCUT2D eigenvalue weighted by atomic mass is 9.44. The molecule has 7 nitrogen and oxygen atoms in total. The molecule has 0 bridgehead atoms. The van der Waals surface area contributed by atoms with Crippen LogP contribution in [0, 0.1) is 40.4 Å². The molecule has 0 radical (unpaired) electrons. The zero-order valence-electron chi connectivity index (χ0n) is 27.1. The summed E-state index contributed by atoms with van der Waals surface area (Å²) in [6.07, 6.45) is 17.1. The lowest BCUT2D eigenvalue weighted by molar-refractivity contribution is -0.158. The van der Waals surface area contributed by atoms with Gasteiger partial charge in [-0.1, -0.05) is 39.5 Å². The van der Waals surface area contributed by atoms with Gasteiger partial charge in [0.25, 0.3) is 0 Å². The van der Waals surface area contributed by atoms with Gasteiger partial charge in [-0.15, -0.1) is 0 Å². The molecule has 2 amide bonds. The minimum Gasteiger partial charge on any atom is -0.393 e. The van der Waals surface area contributed by atoms with Crippen LogP contribution < -0.4 is 0 Å². The molecule has 242 valence electrons. The van der Waals surface area contributed by atoms with Gasteiger partial charge in [0.05, 0.1) is 12.2 Å². The summed E-state index contributed by atoms with van der Waals surface area (Å²) < 4.78 is 0. The van der Waals surface area contributed by atoms with Crippen LogP contribution in [0.1, 0.15) is 117 Å². The van der Waals surface area contributed by atoms with Crippen molar-refractivity contribution in [2.24, 2.45) is 40.4 Å². The molecule has 7 fully saturated rings. The summed E-state index contributed by atoms with van der Waals surface area (Å²) in [5.41, 5.74) is 0.355. The van der Waals surface area contributed by atoms with Crippen molar-refractivity contribution in [2.75, 3.05) is 32.7 Å². The lowest BCUT2D eigenvalue weighted by Crippen LogP contribution is -2.62. The number of aliphatic hydroxyl groups is 2. The van der Waals surface area contributed by atoms with Gasteiger partial charge in [0.2, 0.25) is 11.8 Å².